The van der Waals surface area contributed by atoms with Crippen molar-refractivity contribution in [1.82, 2.24) is 0 Å². The van der Waals surface area contributed by atoms with Crippen LogP contribution in [-0.2, 0) is 42.9 Å². The van der Waals surface area contributed by atoms with Crippen LogP contribution in [0.2, 0.25) is 0 Å². The van der Waals surface area contributed by atoms with Crippen LogP contribution in [0.5, 0.6) is 0 Å². The predicted molar refractivity (Wildman–Crippen MR) is 275 cm³/mol. The zero-order valence-electron chi connectivity index (χ0n) is 43.0. The highest BCUT2D eigenvalue weighted by Gasteiger charge is 2.50. The normalized spacial score (nSPS) is 19.2. The largest absolute Gasteiger partial charge is 0.479 e. The minimum atomic E-state index is -1.91. The van der Waals surface area contributed by atoms with E-state index in [0.29, 0.717) is 25.7 Å². The Hall–Kier alpha value is -3.84. The lowest BCUT2D eigenvalue weighted by Gasteiger charge is -2.40. The van der Waals surface area contributed by atoms with Crippen LogP contribution in [-0.4, -0.2) is 89.2 Å². The number of unbranched alkanes of at least 4 members (excludes halogenated alkanes) is 18. The van der Waals surface area contributed by atoms with Crippen LogP contribution in [0.4, 0.5) is 0 Å². The summed E-state index contributed by atoms with van der Waals surface area (Å²) in [4.78, 5) is 50.8. The lowest BCUT2D eigenvalue weighted by Crippen LogP contribution is -2.61. The van der Waals surface area contributed by atoms with Crippen LogP contribution in [0, 0.1) is 0 Å². The van der Waals surface area contributed by atoms with E-state index in [1.807, 2.05) is 12.2 Å². The molecule has 0 aliphatic carbocycles. The van der Waals surface area contributed by atoms with E-state index < -0.39 is 67.3 Å². The second-order valence-corrected chi connectivity index (χ2v) is 18.1. The number of rotatable bonds is 44. The molecule has 0 saturated carbocycles. The van der Waals surface area contributed by atoms with Crippen molar-refractivity contribution in [3.05, 3.63) is 72.9 Å². The maximum absolute atomic E-state index is 13.0. The van der Waals surface area contributed by atoms with Gasteiger partial charge in [-0.2, -0.15) is 0 Å². The quantitative estimate of drug-likeness (QED) is 0.0228. The van der Waals surface area contributed by atoms with Gasteiger partial charge in [0.2, 0.25) is 0 Å². The standard InChI is InChI=1S/C57H94O12/c1-4-7-10-13-16-19-21-23-24-25-26-28-29-32-34-37-40-43-49(58)65-46-48(67-50(59)44-41-38-36-33-30-27-22-20-17-14-11-8-5-2)47-66-57-55(53(62)52(61)54(69-57)56(63)64)68-51(60)45-42-39-35-31-18-15-12-9-6-3/h8,11,16-17,19-20,23-24,27,30,36,38,48,52-55,57,61-62H,4-7,9-10,12-15,18,21-22,25-26,28-29,31-35,37,39-47H2,1-3H3,(H,63,64)/b11-8-,19-16-,20-17-,24-23-,30-27-,38-36-. The van der Waals surface area contributed by atoms with E-state index >= 15 is 0 Å². The Labute approximate surface area is 417 Å². The van der Waals surface area contributed by atoms with Crippen molar-refractivity contribution in [3.63, 3.8) is 0 Å². The average Bonchev–Trinajstić information content (AvgIpc) is 3.33. The molecule has 12 nitrogen and oxygen atoms in total. The molecule has 1 saturated heterocycles. The van der Waals surface area contributed by atoms with Gasteiger partial charge in [0.1, 0.15) is 18.8 Å². The van der Waals surface area contributed by atoms with Crippen LogP contribution in [0.3, 0.4) is 0 Å². The zero-order chi connectivity index (χ0) is 50.4. The maximum atomic E-state index is 13.0. The first-order valence-electron chi connectivity index (χ1n) is 26.9. The Morgan fingerprint density at radius 1 is 0.493 bits per heavy atom. The van der Waals surface area contributed by atoms with E-state index in [1.165, 1.54) is 64.2 Å². The summed E-state index contributed by atoms with van der Waals surface area (Å²) in [5, 5.41) is 31.3. The van der Waals surface area contributed by atoms with E-state index in [4.69, 9.17) is 23.7 Å². The highest BCUT2D eigenvalue weighted by Crippen LogP contribution is 2.26. The van der Waals surface area contributed by atoms with Gasteiger partial charge in [-0.25, -0.2) is 4.79 Å². The molecule has 12 heteroatoms. The molecule has 1 aliphatic rings. The van der Waals surface area contributed by atoms with Crippen molar-refractivity contribution >= 4 is 23.9 Å². The second kappa shape index (κ2) is 45.3. The summed E-state index contributed by atoms with van der Waals surface area (Å²) in [7, 11) is 0. The number of ether oxygens (including phenoxy) is 5. The molecule has 3 N–H and O–H groups in total. The summed E-state index contributed by atoms with van der Waals surface area (Å²) < 4.78 is 28.2. The smallest absolute Gasteiger partial charge is 0.335 e. The molecule has 394 valence electrons. The van der Waals surface area contributed by atoms with Gasteiger partial charge in [0, 0.05) is 19.3 Å². The van der Waals surface area contributed by atoms with E-state index in [1.54, 1.807) is 0 Å². The fourth-order valence-electron chi connectivity index (χ4n) is 7.65. The third kappa shape index (κ3) is 35.8. The molecule has 0 amide bonds. The number of carboxylic acid groups (broad SMARTS) is 1. The molecule has 1 heterocycles. The Balaban J connectivity index is 2.74. The third-order valence-electron chi connectivity index (χ3n) is 11.8. The number of carbonyl (C=O) groups is 4. The minimum Gasteiger partial charge on any atom is -0.479 e. The van der Waals surface area contributed by atoms with Crippen LogP contribution >= 0.6 is 0 Å². The lowest BCUT2D eigenvalue weighted by atomic mass is 9.98. The Bertz CT molecular complexity index is 1480. The summed E-state index contributed by atoms with van der Waals surface area (Å²) in [6.45, 7) is 5.73. The Morgan fingerprint density at radius 2 is 0.942 bits per heavy atom. The highest BCUT2D eigenvalue weighted by molar-refractivity contribution is 5.74. The van der Waals surface area contributed by atoms with Crippen LogP contribution < -0.4 is 0 Å². The molecule has 0 bridgehead atoms. The van der Waals surface area contributed by atoms with Crippen molar-refractivity contribution in [1.29, 1.82) is 0 Å². The molecule has 0 radical (unpaired) electrons. The van der Waals surface area contributed by atoms with E-state index in [0.717, 1.165) is 83.5 Å². The van der Waals surface area contributed by atoms with Crippen molar-refractivity contribution in [2.75, 3.05) is 13.2 Å². The molecule has 0 spiro atoms. The van der Waals surface area contributed by atoms with Gasteiger partial charge in [-0.1, -0.05) is 190 Å². The molecule has 1 fully saturated rings. The number of aliphatic carboxylic acids is 1. The van der Waals surface area contributed by atoms with E-state index in [2.05, 4.69) is 81.5 Å². The Kier molecular flexibility index (Phi) is 41.5. The summed E-state index contributed by atoms with van der Waals surface area (Å²) >= 11 is 0. The van der Waals surface area contributed by atoms with Gasteiger partial charge in [0.25, 0.3) is 0 Å². The SMILES string of the molecule is CC/C=C\C/C=C\C/C=C\C/C=C\CCC(=O)OC(COC(=O)CCCCCCCCC/C=C\C/C=C\CCCCC)COC1OC(C(=O)O)C(O)C(O)C1OC(=O)CCCCCCCCCCC. The van der Waals surface area contributed by atoms with Crippen molar-refractivity contribution < 1.29 is 58.2 Å². The van der Waals surface area contributed by atoms with Gasteiger partial charge in [0.05, 0.1) is 6.61 Å². The predicted octanol–water partition coefficient (Wildman–Crippen LogP) is 13.0. The molecule has 0 aromatic carbocycles. The van der Waals surface area contributed by atoms with Gasteiger partial charge < -0.3 is 39.0 Å². The fourth-order valence-corrected chi connectivity index (χ4v) is 7.65. The third-order valence-corrected chi connectivity index (χ3v) is 11.8. The molecular formula is C57H94O12. The van der Waals surface area contributed by atoms with Crippen molar-refractivity contribution in [2.24, 2.45) is 0 Å². The first-order chi connectivity index (χ1) is 33.6. The van der Waals surface area contributed by atoms with Crippen LogP contribution in [0.15, 0.2) is 72.9 Å². The van der Waals surface area contributed by atoms with Gasteiger partial charge in [-0.3, -0.25) is 14.4 Å². The molecule has 0 aromatic heterocycles. The summed E-state index contributed by atoms with van der Waals surface area (Å²) in [5.41, 5.74) is 0. The van der Waals surface area contributed by atoms with Crippen LogP contribution in [0.1, 0.15) is 213 Å². The average molecular weight is 971 g/mol. The number of carboxylic acids is 1. The molecule has 0 aromatic rings. The van der Waals surface area contributed by atoms with Gasteiger partial charge in [0.15, 0.2) is 24.6 Å². The first kappa shape index (κ1) is 63.2. The van der Waals surface area contributed by atoms with Crippen molar-refractivity contribution in [3.8, 4) is 0 Å². The molecule has 69 heavy (non-hydrogen) atoms. The number of aliphatic hydroxyl groups is 2. The topological polar surface area (TPSA) is 175 Å². The monoisotopic (exact) mass is 971 g/mol. The molecule has 1 rings (SSSR count). The zero-order valence-corrected chi connectivity index (χ0v) is 43.0. The lowest BCUT2D eigenvalue weighted by molar-refractivity contribution is -0.301. The van der Waals surface area contributed by atoms with E-state index in [-0.39, 0.29) is 25.9 Å². The number of hydrogen-bond donors (Lipinski definition) is 3. The summed E-state index contributed by atoms with van der Waals surface area (Å²) in [5.74, 6) is -3.24. The van der Waals surface area contributed by atoms with Crippen LogP contribution in [0.25, 0.3) is 0 Å². The highest BCUT2D eigenvalue weighted by atomic mass is 16.7. The minimum absolute atomic E-state index is 0.0389. The second-order valence-electron chi connectivity index (χ2n) is 18.1. The number of hydrogen-bond acceptors (Lipinski definition) is 11. The molecule has 1 aliphatic heterocycles. The fraction of sp³-hybridized carbons (Fsp3) is 0.719. The molecular weight excluding hydrogens is 877 g/mol. The van der Waals surface area contributed by atoms with E-state index in [9.17, 15) is 34.5 Å². The number of aliphatic hydroxyl groups excluding tert-OH is 2. The Morgan fingerprint density at radius 3 is 1.48 bits per heavy atom. The van der Waals surface area contributed by atoms with Crippen molar-refractivity contribution in [2.45, 2.75) is 250 Å². The van der Waals surface area contributed by atoms with Gasteiger partial charge in [-0.15, -0.1) is 0 Å². The van der Waals surface area contributed by atoms with Gasteiger partial charge in [-0.05, 0) is 77.0 Å². The summed E-state index contributed by atoms with van der Waals surface area (Å²) in [6.07, 6.45) is 43.5. The molecule has 6 unspecified atom stereocenters. The summed E-state index contributed by atoms with van der Waals surface area (Å²) in [6, 6.07) is 0. The van der Waals surface area contributed by atoms with Gasteiger partial charge >= 0.3 is 23.9 Å². The number of esters is 3. The maximum Gasteiger partial charge on any atom is 0.335 e. The first-order valence-corrected chi connectivity index (χ1v) is 26.9. The molecule has 6 atom stereocenters. The number of allylic oxidation sites excluding steroid dienone is 12. The number of carbonyl (C=O) groups excluding carboxylic acids is 3.